The number of hydrazine groups is 1. The van der Waals surface area contributed by atoms with E-state index in [1.165, 1.54) is 18.2 Å². The highest BCUT2D eigenvalue weighted by Gasteiger charge is 2.31. The predicted molar refractivity (Wildman–Crippen MR) is 108 cm³/mol. The molecule has 3 rings (SSSR count). The monoisotopic (exact) mass is 491 g/mol. The van der Waals surface area contributed by atoms with Crippen molar-refractivity contribution in [1.29, 1.82) is 0 Å². The van der Waals surface area contributed by atoms with Gasteiger partial charge in [0.05, 0.1) is 12.3 Å². The van der Waals surface area contributed by atoms with Crippen molar-refractivity contribution in [3.63, 3.8) is 0 Å². The minimum Gasteiger partial charge on any atom is -0.406 e. The lowest BCUT2D eigenvalue weighted by Crippen LogP contribution is -2.22. The summed E-state index contributed by atoms with van der Waals surface area (Å²) in [7, 11) is 0. The van der Waals surface area contributed by atoms with E-state index in [9.17, 15) is 35.8 Å². The van der Waals surface area contributed by atoms with Crippen LogP contribution in [0, 0.1) is 23.3 Å². The maximum atomic E-state index is 13.9. The normalized spacial score (nSPS) is 12.3. The lowest BCUT2D eigenvalue weighted by molar-refractivity contribution is -0.274. The molecule has 1 aromatic heterocycles. The molecule has 0 amide bonds. The fourth-order valence-corrected chi connectivity index (χ4v) is 2.65. The summed E-state index contributed by atoms with van der Waals surface area (Å²) in [6.07, 6.45) is -4.93. The van der Waals surface area contributed by atoms with Gasteiger partial charge in [-0.2, -0.15) is 4.98 Å². The molecule has 0 fully saturated rings. The van der Waals surface area contributed by atoms with Gasteiger partial charge in [0.1, 0.15) is 11.4 Å². The van der Waals surface area contributed by atoms with Crippen molar-refractivity contribution in [2.45, 2.75) is 19.3 Å². The largest absolute Gasteiger partial charge is 0.573 e. The summed E-state index contributed by atoms with van der Waals surface area (Å²) in [5.41, 5.74) is 3.24. The average Bonchev–Trinajstić information content (AvgIpc) is 2.76. The number of hydrogen-bond acceptors (Lipinski definition) is 7. The molecule has 0 radical (unpaired) electrons. The topological polar surface area (TPSA) is 91.3 Å². The first-order valence-electron chi connectivity index (χ1n) is 9.44. The van der Waals surface area contributed by atoms with Crippen LogP contribution in [-0.2, 0) is 0 Å². The zero-order valence-electron chi connectivity index (χ0n) is 17.1. The molecule has 0 saturated carbocycles. The molecule has 14 heteroatoms. The van der Waals surface area contributed by atoms with E-state index in [1.54, 1.807) is 6.92 Å². The third-order valence-corrected chi connectivity index (χ3v) is 4.17. The van der Waals surface area contributed by atoms with Gasteiger partial charge in [0.25, 0.3) is 0 Å². The number of rotatable bonds is 8. The molecule has 3 aromatic rings. The molecule has 4 N–H and O–H groups in total. The van der Waals surface area contributed by atoms with Crippen molar-refractivity contribution >= 4 is 17.5 Å². The molecular formula is C20H16F7N5O2. The summed E-state index contributed by atoms with van der Waals surface area (Å²) < 4.78 is 96.2. The highest BCUT2D eigenvalue weighted by atomic mass is 19.4. The minimum absolute atomic E-state index is 0.0333. The maximum absolute atomic E-state index is 13.9. The zero-order valence-corrected chi connectivity index (χ0v) is 17.1. The van der Waals surface area contributed by atoms with Gasteiger partial charge in [-0.3, -0.25) is 10.9 Å². The number of nitrogens with zero attached hydrogens (tertiary/aromatic N) is 2. The molecule has 182 valence electrons. The Bertz CT molecular complexity index is 1150. The third kappa shape index (κ3) is 6.15. The fourth-order valence-electron chi connectivity index (χ4n) is 2.65. The summed E-state index contributed by atoms with van der Waals surface area (Å²) in [6.45, 7) is 1.24. The molecule has 1 heterocycles. The van der Waals surface area contributed by atoms with E-state index >= 15 is 0 Å². The van der Waals surface area contributed by atoms with Crippen LogP contribution in [0.2, 0.25) is 0 Å². The highest BCUT2D eigenvalue weighted by molar-refractivity contribution is 5.66. The number of anilines is 3. The number of hydrogen-bond donors (Lipinski definition) is 4. The van der Waals surface area contributed by atoms with Crippen LogP contribution in [-0.4, -0.2) is 34.1 Å². The number of aliphatic hydroxyl groups excluding tert-OH is 1. The fraction of sp³-hybridized carbons (Fsp3) is 0.200. The molecule has 1 atom stereocenters. The number of ether oxygens (including phenoxy) is 1. The molecule has 2 aromatic carbocycles. The molecule has 7 nitrogen and oxygen atoms in total. The Morgan fingerprint density at radius 1 is 0.971 bits per heavy atom. The summed E-state index contributed by atoms with van der Waals surface area (Å²) in [4.78, 5) is 8.14. The van der Waals surface area contributed by atoms with Crippen LogP contribution in [0.1, 0.15) is 6.92 Å². The van der Waals surface area contributed by atoms with Crippen molar-refractivity contribution in [2.24, 2.45) is 0 Å². The van der Waals surface area contributed by atoms with Crippen LogP contribution in [0.4, 0.5) is 48.2 Å². The van der Waals surface area contributed by atoms with Crippen molar-refractivity contribution < 1.29 is 40.6 Å². The average molecular weight is 491 g/mol. The minimum atomic E-state index is -4.93. The van der Waals surface area contributed by atoms with E-state index in [-0.39, 0.29) is 35.7 Å². The van der Waals surface area contributed by atoms with Crippen molar-refractivity contribution in [2.75, 3.05) is 22.8 Å². The standard InChI is InChI=1S/C20H16F7N5O2/c1-9(8-33)28-19-29-14(10-3-2-4-11(5-10)34-20(25,26)27)7-15(30-19)31-32-18-16(23)12(21)6-13(22)17(18)24/h2-7,9,32-33H,8H2,1H3,(H2,28,29,30,31)/t9-/m0/s1. The van der Waals surface area contributed by atoms with E-state index in [0.717, 1.165) is 12.1 Å². The smallest absolute Gasteiger partial charge is 0.406 e. The second-order valence-electron chi connectivity index (χ2n) is 6.86. The maximum Gasteiger partial charge on any atom is 0.573 e. The van der Waals surface area contributed by atoms with Gasteiger partial charge in [-0.1, -0.05) is 12.1 Å². The number of nitrogens with one attached hydrogen (secondary N) is 3. The molecule has 0 aliphatic heterocycles. The second kappa shape index (κ2) is 9.99. The number of benzene rings is 2. The Labute approximate surface area is 187 Å². The number of alkyl halides is 3. The van der Waals surface area contributed by atoms with Crippen molar-refractivity contribution in [3.05, 3.63) is 59.7 Å². The van der Waals surface area contributed by atoms with E-state index in [4.69, 9.17) is 0 Å². The molecule has 0 spiro atoms. The molecule has 0 aliphatic rings. The van der Waals surface area contributed by atoms with E-state index < -0.39 is 47.1 Å². The van der Waals surface area contributed by atoms with Gasteiger partial charge in [-0.15, -0.1) is 13.2 Å². The van der Waals surface area contributed by atoms with Crippen LogP contribution >= 0.6 is 0 Å². The molecule has 0 unspecified atom stereocenters. The lowest BCUT2D eigenvalue weighted by atomic mass is 10.1. The Balaban J connectivity index is 1.97. The summed E-state index contributed by atoms with van der Waals surface area (Å²) >= 11 is 0. The zero-order chi connectivity index (χ0) is 25.0. The quantitative estimate of drug-likeness (QED) is 0.204. The van der Waals surface area contributed by atoms with Crippen LogP contribution in [0.25, 0.3) is 11.3 Å². The van der Waals surface area contributed by atoms with Crippen molar-refractivity contribution in [1.82, 2.24) is 9.97 Å². The first kappa shape index (κ1) is 24.8. The number of aromatic nitrogens is 2. The first-order valence-corrected chi connectivity index (χ1v) is 9.44. The SMILES string of the molecule is C[C@@H](CO)Nc1nc(NNc2c(F)c(F)cc(F)c2F)cc(-c2cccc(OC(F)(F)F)c2)n1. The summed E-state index contributed by atoms with van der Waals surface area (Å²) in [5.74, 6) is -7.55. The Morgan fingerprint density at radius 2 is 1.65 bits per heavy atom. The highest BCUT2D eigenvalue weighted by Crippen LogP contribution is 2.29. The Kier molecular flexibility index (Phi) is 7.29. The molecule has 0 bridgehead atoms. The Morgan fingerprint density at radius 3 is 2.26 bits per heavy atom. The van der Waals surface area contributed by atoms with Gasteiger partial charge in [-0.25, -0.2) is 22.5 Å². The van der Waals surface area contributed by atoms with Gasteiger partial charge < -0.3 is 15.2 Å². The predicted octanol–water partition coefficient (Wildman–Crippen LogP) is 4.83. The summed E-state index contributed by atoms with van der Waals surface area (Å²) in [6, 6.07) is 5.44. The van der Waals surface area contributed by atoms with Crippen LogP contribution < -0.4 is 20.9 Å². The number of halogens is 7. The number of aliphatic hydroxyl groups is 1. The second-order valence-corrected chi connectivity index (χ2v) is 6.86. The molecule has 0 saturated heterocycles. The van der Waals surface area contributed by atoms with Crippen LogP contribution in [0.5, 0.6) is 5.75 Å². The van der Waals surface area contributed by atoms with Gasteiger partial charge in [0, 0.05) is 23.7 Å². The first-order chi connectivity index (χ1) is 16.0. The molecule has 0 aliphatic carbocycles. The van der Waals surface area contributed by atoms with Crippen LogP contribution in [0.15, 0.2) is 36.4 Å². The van der Waals surface area contributed by atoms with E-state index in [2.05, 4.69) is 25.4 Å². The van der Waals surface area contributed by atoms with Crippen molar-refractivity contribution in [3.8, 4) is 17.0 Å². The lowest BCUT2D eigenvalue weighted by Gasteiger charge is -2.16. The molecular weight excluding hydrogens is 475 g/mol. The van der Waals surface area contributed by atoms with Gasteiger partial charge in [0.15, 0.2) is 29.1 Å². The van der Waals surface area contributed by atoms with Gasteiger partial charge >= 0.3 is 6.36 Å². The van der Waals surface area contributed by atoms with Gasteiger partial charge in [0.2, 0.25) is 5.95 Å². The third-order valence-electron chi connectivity index (χ3n) is 4.17. The molecule has 34 heavy (non-hydrogen) atoms. The van der Waals surface area contributed by atoms with Gasteiger partial charge in [-0.05, 0) is 19.1 Å². The summed E-state index contributed by atoms with van der Waals surface area (Å²) in [5, 5.41) is 12.0. The van der Waals surface area contributed by atoms with Crippen LogP contribution in [0.3, 0.4) is 0 Å². The van der Waals surface area contributed by atoms with E-state index in [1.807, 2.05) is 5.43 Å². The van der Waals surface area contributed by atoms with E-state index in [0.29, 0.717) is 0 Å². The Hall–Kier alpha value is -3.81.